The number of amides is 3. The zero-order valence-corrected chi connectivity index (χ0v) is 25.9. The first-order valence-electron chi connectivity index (χ1n) is 15.6. The van der Waals surface area contributed by atoms with Crippen LogP contribution in [0.5, 0.6) is 0 Å². The molecule has 0 aliphatic carbocycles. The molecule has 0 spiro atoms. The molecule has 1 aromatic heterocycles. The van der Waals surface area contributed by atoms with Crippen molar-refractivity contribution < 1.29 is 23.9 Å². The molecule has 3 fully saturated rings. The Balaban J connectivity index is 1.07. The van der Waals surface area contributed by atoms with Crippen molar-refractivity contribution in [2.75, 3.05) is 44.2 Å². The van der Waals surface area contributed by atoms with E-state index in [4.69, 9.17) is 9.47 Å². The van der Waals surface area contributed by atoms with E-state index in [2.05, 4.69) is 20.4 Å². The Morgan fingerprint density at radius 1 is 0.977 bits per heavy atom. The maximum atomic E-state index is 13.1. The largest absolute Gasteiger partial charge is 0.444 e. The number of alkyl carbamates (subject to hydrolysis) is 1. The van der Waals surface area contributed by atoms with Gasteiger partial charge in [0.2, 0.25) is 11.8 Å². The van der Waals surface area contributed by atoms with Crippen molar-refractivity contribution in [1.82, 2.24) is 24.7 Å². The van der Waals surface area contributed by atoms with Crippen LogP contribution in [0, 0.1) is 0 Å². The van der Waals surface area contributed by atoms with Gasteiger partial charge >= 0.3 is 11.8 Å². The number of likely N-dealkylation sites (tertiary alicyclic amines) is 1. The van der Waals surface area contributed by atoms with Crippen LogP contribution in [-0.2, 0) is 26.1 Å². The van der Waals surface area contributed by atoms with Crippen LogP contribution in [-0.4, -0.2) is 89.0 Å². The van der Waals surface area contributed by atoms with E-state index in [0.717, 1.165) is 76.0 Å². The summed E-state index contributed by atoms with van der Waals surface area (Å²) < 4.78 is 14.9. The smallest absolute Gasteiger partial charge is 0.407 e. The molecule has 1 unspecified atom stereocenters. The Labute approximate surface area is 252 Å². The molecule has 1 atom stereocenters. The minimum atomic E-state index is -0.680. The van der Waals surface area contributed by atoms with Gasteiger partial charge in [0.05, 0.1) is 23.2 Å². The molecule has 2 aromatic rings. The average molecular weight is 599 g/mol. The van der Waals surface area contributed by atoms with Crippen molar-refractivity contribution in [3.8, 4) is 0 Å². The third-order valence-electron chi connectivity index (χ3n) is 8.64. The highest BCUT2D eigenvalue weighted by atomic mass is 16.6. The lowest BCUT2D eigenvalue weighted by molar-refractivity contribution is -0.135. The summed E-state index contributed by atoms with van der Waals surface area (Å²) in [5.41, 5.74) is 1.80. The molecule has 12 heteroatoms. The fraction of sp³-hybridized carbons (Fsp3) is 0.677. The third-order valence-corrected chi connectivity index (χ3v) is 8.64. The Bertz CT molecular complexity index is 1380. The number of rotatable bonds is 8. The molecule has 3 saturated heterocycles. The molecule has 0 saturated carbocycles. The predicted octanol–water partition coefficient (Wildman–Crippen LogP) is 2.68. The molecule has 0 radical (unpaired) electrons. The van der Waals surface area contributed by atoms with Gasteiger partial charge in [-0.15, -0.1) is 0 Å². The molecule has 4 heterocycles. The topological polar surface area (TPSA) is 127 Å². The number of anilines is 1. The SMILES string of the molecule is Cn1c(=O)n(C2CCC(=O)NC2=O)c2ccc(N3CCC(OC4CCN(CCCNC(=O)OC(C)(C)C)CC4)CC3)cc21. The quantitative estimate of drug-likeness (QED) is 0.351. The fourth-order valence-electron chi connectivity index (χ4n) is 6.38. The number of fused-ring (bicyclic) bond motifs is 1. The Kier molecular flexibility index (Phi) is 9.45. The first-order valence-corrected chi connectivity index (χ1v) is 15.6. The molecule has 236 valence electrons. The number of imide groups is 1. The average Bonchev–Trinajstić information content (AvgIpc) is 3.20. The summed E-state index contributed by atoms with van der Waals surface area (Å²) >= 11 is 0. The van der Waals surface area contributed by atoms with Gasteiger partial charge < -0.3 is 24.6 Å². The van der Waals surface area contributed by atoms with Crippen LogP contribution in [0.25, 0.3) is 11.0 Å². The van der Waals surface area contributed by atoms with Crippen LogP contribution in [0.1, 0.15) is 71.8 Å². The van der Waals surface area contributed by atoms with Gasteiger partial charge in [-0.3, -0.25) is 24.0 Å². The van der Waals surface area contributed by atoms with Gasteiger partial charge in [0.15, 0.2) is 0 Å². The summed E-state index contributed by atoms with van der Waals surface area (Å²) in [7, 11) is 1.73. The molecule has 3 aliphatic rings. The monoisotopic (exact) mass is 598 g/mol. The molecule has 1 aromatic carbocycles. The second kappa shape index (κ2) is 13.1. The number of nitrogens with zero attached hydrogens (tertiary/aromatic N) is 4. The number of aryl methyl sites for hydroxylation is 1. The summed E-state index contributed by atoms with van der Waals surface area (Å²) in [5, 5.41) is 5.19. The molecule has 3 aliphatic heterocycles. The number of piperidine rings is 3. The van der Waals surface area contributed by atoms with Gasteiger partial charge in [0.1, 0.15) is 11.6 Å². The maximum absolute atomic E-state index is 13.1. The van der Waals surface area contributed by atoms with Crippen molar-refractivity contribution in [2.24, 2.45) is 7.05 Å². The van der Waals surface area contributed by atoms with Crippen molar-refractivity contribution in [3.63, 3.8) is 0 Å². The number of nitrogens with one attached hydrogen (secondary N) is 2. The van der Waals surface area contributed by atoms with Crippen molar-refractivity contribution >= 4 is 34.6 Å². The maximum Gasteiger partial charge on any atom is 0.407 e. The first kappa shape index (κ1) is 31.1. The normalized spacial score (nSPS) is 21.3. The van der Waals surface area contributed by atoms with E-state index in [1.165, 1.54) is 4.57 Å². The van der Waals surface area contributed by atoms with Crippen LogP contribution in [0.2, 0.25) is 0 Å². The zero-order chi connectivity index (χ0) is 30.7. The van der Waals surface area contributed by atoms with Crippen LogP contribution < -0.4 is 21.2 Å². The molecule has 5 rings (SSSR count). The molecular weight excluding hydrogens is 552 g/mol. The molecule has 0 bridgehead atoms. The van der Waals surface area contributed by atoms with Crippen molar-refractivity contribution in [1.29, 1.82) is 0 Å². The molecular formula is C31H46N6O6. The summed E-state index contributed by atoms with van der Waals surface area (Å²) in [4.78, 5) is 53.8. The highest BCUT2D eigenvalue weighted by molar-refractivity contribution is 6.00. The Hall–Kier alpha value is -3.38. The molecule has 43 heavy (non-hydrogen) atoms. The van der Waals surface area contributed by atoms with Crippen molar-refractivity contribution in [2.45, 2.75) is 89.6 Å². The summed E-state index contributed by atoms with van der Waals surface area (Å²) in [6.45, 7) is 10.9. The standard InChI is InChI=1S/C31H46N6O6/c1-31(2,3)43-29(40)32-14-5-15-35-16-10-22(11-17-35)42-23-12-18-36(19-13-23)21-6-7-24-26(20-21)34(4)30(41)37(24)25-8-9-27(38)33-28(25)39/h6-7,20,22-23,25H,5,8-19H2,1-4H3,(H,32,40)(H,33,38,39). The van der Waals surface area contributed by atoms with Gasteiger partial charge in [-0.1, -0.05) is 0 Å². The van der Waals surface area contributed by atoms with Crippen LogP contribution in [0.15, 0.2) is 23.0 Å². The van der Waals surface area contributed by atoms with Crippen LogP contribution in [0.3, 0.4) is 0 Å². The van der Waals surface area contributed by atoms with Gasteiger partial charge in [-0.05, 0) is 84.0 Å². The van der Waals surface area contributed by atoms with Gasteiger partial charge in [-0.25, -0.2) is 9.59 Å². The minimum absolute atomic E-state index is 0.225. The lowest BCUT2D eigenvalue weighted by Gasteiger charge is -2.38. The van der Waals surface area contributed by atoms with E-state index >= 15 is 0 Å². The second-order valence-electron chi connectivity index (χ2n) is 13.0. The third kappa shape index (κ3) is 7.59. The molecule has 2 N–H and O–H groups in total. The molecule has 12 nitrogen and oxygen atoms in total. The lowest BCUT2D eigenvalue weighted by atomic mass is 10.0. The van der Waals surface area contributed by atoms with E-state index in [1.54, 1.807) is 11.6 Å². The zero-order valence-electron chi connectivity index (χ0n) is 25.9. The highest BCUT2D eigenvalue weighted by Crippen LogP contribution is 2.29. The van der Waals surface area contributed by atoms with Gasteiger partial charge in [0.25, 0.3) is 0 Å². The fourth-order valence-corrected chi connectivity index (χ4v) is 6.38. The summed E-state index contributed by atoms with van der Waals surface area (Å²) in [6, 6.07) is 5.28. The number of ether oxygens (including phenoxy) is 2. The molecule has 3 amide bonds. The van der Waals surface area contributed by atoms with E-state index < -0.39 is 17.6 Å². The Morgan fingerprint density at radius 2 is 1.65 bits per heavy atom. The number of carbonyl (C=O) groups is 3. The van der Waals surface area contributed by atoms with E-state index in [9.17, 15) is 19.2 Å². The lowest BCUT2D eigenvalue weighted by Crippen LogP contribution is -2.44. The van der Waals surface area contributed by atoms with Gasteiger partial charge in [0, 0.05) is 51.9 Å². The van der Waals surface area contributed by atoms with E-state index in [1.807, 2.05) is 39.0 Å². The van der Waals surface area contributed by atoms with Crippen LogP contribution in [0.4, 0.5) is 10.5 Å². The number of carbonyl (C=O) groups excluding carboxylic acids is 3. The number of imidazole rings is 1. The number of hydrogen-bond donors (Lipinski definition) is 2. The summed E-state index contributed by atoms with van der Waals surface area (Å²) in [6.07, 6.45) is 5.55. The Morgan fingerprint density at radius 3 is 2.30 bits per heavy atom. The van der Waals surface area contributed by atoms with Gasteiger partial charge in [-0.2, -0.15) is 0 Å². The van der Waals surface area contributed by atoms with E-state index in [-0.39, 0.29) is 36.3 Å². The number of aromatic nitrogens is 2. The number of benzene rings is 1. The second-order valence-corrected chi connectivity index (χ2v) is 13.0. The summed E-state index contributed by atoms with van der Waals surface area (Å²) in [5.74, 6) is -0.716. The number of hydrogen-bond acceptors (Lipinski definition) is 8. The van der Waals surface area contributed by atoms with E-state index in [0.29, 0.717) is 18.5 Å². The van der Waals surface area contributed by atoms with Crippen molar-refractivity contribution in [3.05, 3.63) is 28.7 Å². The minimum Gasteiger partial charge on any atom is -0.444 e. The highest BCUT2D eigenvalue weighted by Gasteiger charge is 2.32. The predicted molar refractivity (Wildman–Crippen MR) is 163 cm³/mol. The first-order chi connectivity index (χ1) is 20.5. The van der Waals surface area contributed by atoms with Crippen LogP contribution >= 0.6 is 0 Å².